The maximum Gasteiger partial charge on any atom is 0.286 e. The van der Waals surface area contributed by atoms with E-state index in [4.69, 9.17) is 23.2 Å². The van der Waals surface area contributed by atoms with Crippen LogP contribution >= 0.6 is 57.6 Å². The fourth-order valence-electron chi connectivity index (χ4n) is 2.23. The zero-order chi connectivity index (χ0) is 19.0. The van der Waals surface area contributed by atoms with Crippen LogP contribution in [0.3, 0.4) is 0 Å². The van der Waals surface area contributed by atoms with Crippen LogP contribution < -0.4 is 5.32 Å². The first-order valence-electron chi connectivity index (χ1n) is 7.48. The minimum atomic E-state index is -0.327. The highest BCUT2D eigenvalue weighted by Crippen LogP contribution is 2.39. The van der Waals surface area contributed by atoms with Gasteiger partial charge in [0.25, 0.3) is 5.91 Å². The minimum absolute atomic E-state index is 0.249. The average molecular weight is 454 g/mol. The lowest BCUT2D eigenvalue weighted by Gasteiger charge is -2.02. The second kappa shape index (κ2) is 7.69. The number of anilines is 1. The number of carbonyl (C=O) groups is 1. The zero-order valence-electron chi connectivity index (χ0n) is 13.6. The van der Waals surface area contributed by atoms with Crippen LogP contribution in [-0.4, -0.2) is 26.1 Å². The molecule has 0 aliphatic carbocycles. The monoisotopic (exact) mass is 453 g/mol. The van der Waals surface area contributed by atoms with Crippen LogP contribution in [-0.2, 0) is 0 Å². The predicted octanol–water partition coefficient (Wildman–Crippen LogP) is 5.56. The number of carbonyl (C=O) groups excluding carboxylic acids is 1. The minimum Gasteiger partial charge on any atom is -0.320 e. The first-order valence-corrected chi connectivity index (χ1v) is 10.7. The summed E-state index contributed by atoms with van der Waals surface area (Å²) < 4.78 is 1.57. The lowest BCUT2D eigenvalue weighted by molar-refractivity contribution is 0.102. The molecule has 3 aromatic heterocycles. The van der Waals surface area contributed by atoms with E-state index >= 15 is 0 Å². The smallest absolute Gasteiger partial charge is 0.286 e. The summed E-state index contributed by atoms with van der Waals surface area (Å²) in [5.41, 5.74) is 1.59. The molecule has 11 heteroatoms. The Balaban J connectivity index is 1.51. The first kappa shape index (κ1) is 18.6. The molecule has 0 atom stereocenters. The van der Waals surface area contributed by atoms with E-state index in [9.17, 15) is 4.79 Å². The molecule has 136 valence electrons. The standard InChI is InChI=1S/C16H9Cl2N5OS3/c1-7-20-11-3-2-8(4-12(11)25-7)21-14(24)15-22-23-16(27-15)26-13-9(17)5-19-6-10(13)18/h2-6H,1H3,(H,21,24). The summed E-state index contributed by atoms with van der Waals surface area (Å²) in [6.07, 6.45) is 3.00. The van der Waals surface area contributed by atoms with Gasteiger partial charge >= 0.3 is 0 Å². The molecule has 27 heavy (non-hydrogen) atoms. The molecule has 0 saturated carbocycles. The Morgan fingerprint density at radius 3 is 2.70 bits per heavy atom. The second-order valence-electron chi connectivity index (χ2n) is 5.28. The quantitative estimate of drug-likeness (QED) is 0.435. The largest absolute Gasteiger partial charge is 0.320 e. The molecule has 0 unspecified atom stereocenters. The Kier molecular flexibility index (Phi) is 5.29. The third-order valence-corrected chi connectivity index (χ3v) is 7.20. The molecule has 1 N–H and O–H groups in total. The van der Waals surface area contributed by atoms with E-state index in [2.05, 4.69) is 25.5 Å². The maximum absolute atomic E-state index is 12.5. The molecular formula is C16H9Cl2N5OS3. The topological polar surface area (TPSA) is 80.7 Å². The van der Waals surface area contributed by atoms with Crippen LogP contribution in [0.15, 0.2) is 39.8 Å². The van der Waals surface area contributed by atoms with Gasteiger partial charge in [0.15, 0.2) is 4.34 Å². The number of benzene rings is 1. The van der Waals surface area contributed by atoms with Crippen LogP contribution in [0.4, 0.5) is 5.69 Å². The summed E-state index contributed by atoms with van der Waals surface area (Å²) >= 11 is 16.2. The van der Waals surface area contributed by atoms with Crippen molar-refractivity contribution in [3.63, 3.8) is 0 Å². The third-order valence-electron chi connectivity index (χ3n) is 3.35. The van der Waals surface area contributed by atoms with Gasteiger partial charge in [0.05, 0.1) is 30.2 Å². The van der Waals surface area contributed by atoms with Gasteiger partial charge in [0.1, 0.15) is 0 Å². The SMILES string of the molecule is Cc1nc2ccc(NC(=O)c3nnc(Sc4c(Cl)cncc4Cl)s3)cc2s1. The summed E-state index contributed by atoms with van der Waals surface area (Å²) in [5, 5.41) is 12.9. The zero-order valence-corrected chi connectivity index (χ0v) is 17.5. The van der Waals surface area contributed by atoms with Gasteiger partial charge < -0.3 is 5.32 Å². The van der Waals surface area contributed by atoms with E-state index in [0.717, 1.165) is 26.6 Å². The Hall–Kier alpha value is -1.78. The van der Waals surface area contributed by atoms with Gasteiger partial charge in [-0.25, -0.2) is 4.98 Å². The van der Waals surface area contributed by atoms with Gasteiger partial charge in [-0.2, -0.15) is 0 Å². The fraction of sp³-hybridized carbons (Fsp3) is 0.0625. The summed E-state index contributed by atoms with van der Waals surface area (Å²) in [7, 11) is 0. The van der Waals surface area contributed by atoms with Gasteiger partial charge in [-0.05, 0) is 25.1 Å². The van der Waals surface area contributed by atoms with Gasteiger partial charge in [0, 0.05) is 18.1 Å². The molecule has 1 aromatic carbocycles. The Morgan fingerprint density at radius 1 is 1.15 bits per heavy atom. The molecule has 0 aliphatic rings. The molecule has 4 rings (SSSR count). The number of nitrogens with one attached hydrogen (secondary N) is 1. The molecular weight excluding hydrogens is 445 g/mol. The fourth-order valence-corrected chi connectivity index (χ4v) is 5.37. The van der Waals surface area contributed by atoms with Crippen molar-refractivity contribution in [1.29, 1.82) is 0 Å². The van der Waals surface area contributed by atoms with E-state index < -0.39 is 0 Å². The van der Waals surface area contributed by atoms with E-state index in [1.165, 1.54) is 24.2 Å². The van der Waals surface area contributed by atoms with Crippen molar-refractivity contribution >= 4 is 79.4 Å². The highest BCUT2D eigenvalue weighted by Gasteiger charge is 2.16. The lowest BCUT2D eigenvalue weighted by atomic mass is 10.3. The van der Waals surface area contributed by atoms with Crippen molar-refractivity contribution in [2.24, 2.45) is 0 Å². The van der Waals surface area contributed by atoms with Crippen LogP contribution in [0, 0.1) is 6.92 Å². The normalized spacial score (nSPS) is 11.1. The molecule has 0 spiro atoms. The molecule has 3 heterocycles. The number of hydrogen-bond acceptors (Lipinski definition) is 8. The van der Waals surface area contributed by atoms with Crippen molar-refractivity contribution in [2.75, 3.05) is 5.32 Å². The van der Waals surface area contributed by atoms with Gasteiger partial charge in [-0.3, -0.25) is 9.78 Å². The number of aromatic nitrogens is 4. The number of aryl methyl sites for hydroxylation is 1. The maximum atomic E-state index is 12.5. The van der Waals surface area contributed by atoms with E-state index in [-0.39, 0.29) is 10.9 Å². The second-order valence-corrected chi connectivity index (χ2v) is 9.56. The molecule has 0 fully saturated rings. The summed E-state index contributed by atoms with van der Waals surface area (Å²) in [5.74, 6) is -0.327. The number of hydrogen-bond donors (Lipinski definition) is 1. The summed E-state index contributed by atoms with van der Waals surface area (Å²) in [6.45, 7) is 1.95. The Morgan fingerprint density at radius 2 is 1.93 bits per heavy atom. The molecule has 0 radical (unpaired) electrons. The summed E-state index contributed by atoms with van der Waals surface area (Å²) in [4.78, 5) is 21.4. The van der Waals surface area contributed by atoms with Gasteiger partial charge in [-0.15, -0.1) is 21.5 Å². The van der Waals surface area contributed by atoms with Gasteiger partial charge in [-0.1, -0.05) is 46.3 Å². The molecule has 1 amide bonds. The number of pyridine rings is 1. The molecule has 4 aromatic rings. The van der Waals surface area contributed by atoms with Crippen LogP contribution in [0.5, 0.6) is 0 Å². The van der Waals surface area contributed by atoms with Crippen LogP contribution in [0.1, 0.15) is 14.8 Å². The highest BCUT2D eigenvalue weighted by molar-refractivity contribution is 8.01. The number of thiazole rings is 1. The third kappa shape index (κ3) is 4.07. The van der Waals surface area contributed by atoms with Crippen molar-refractivity contribution < 1.29 is 4.79 Å². The molecule has 0 bridgehead atoms. The molecule has 6 nitrogen and oxygen atoms in total. The van der Waals surface area contributed by atoms with Crippen molar-refractivity contribution in [2.45, 2.75) is 16.2 Å². The number of fused-ring (bicyclic) bond motifs is 1. The highest BCUT2D eigenvalue weighted by atomic mass is 35.5. The first-order chi connectivity index (χ1) is 13.0. The summed E-state index contributed by atoms with van der Waals surface area (Å²) in [6, 6.07) is 5.58. The number of nitrogens with zero attached hydrogens (tertiary/aromatic N) is 4. The molecule has 0 aliphatic heterocycles. The van der Waals surface area contributed by atoms with Crippen LogP contribution in [0.25, 0.3) is 10.2 Å². The predicted molar refractivity (Wildman–Crippen MR) is 111 cm³/mol. The molecule has 0 saturated heterocycles. The Bertz CT molecular complexity index is 1140. The van der Waals surface area contributed by atoms with E-state index in [0.29, 0.717) is 25.0 Å². The number of amides is 1. The van der Waals surface area contributed by atoms with Gasteiger partial charge in [0.2, 0.25) is 5.01 Å². The number of halogens is 2. The van der Waals surface area contributed by atoms with Crippen molar-refractivity contribution in [3.05, 3.63) is 50.7 Å². The van der Waals surface area contributed by atoms with Crippen molar-refractivity contribution in [1.82, 2.24) is 20.2 Å². The van der Waals surface area contributed by atoms with Crippen LogP contribution in [0.2, 0.25) is 10.0 Å². The lowest BCUT2D eigenvalue weighted by Crippen LogP contribution is -2.11. The number of rotatable bonds is 4. The average Bonchev–Trinajstić information content (AvgIpc) is 3.23. The van der Waals surface area contributed by atoms with E-state index in [1.807, 2.05) is 25.1 Å². The Labute approximate surface area is 176 Å². The van der Waals surface area contributed by atoms with Crippen molar-refractivity contribution in [3.8, 4) is 0 Å². The van der Waals surface area contributed by atoms with E-state index in [1.54, 1.807) is 11.3 Å².